The molecule has 0 fully saturated rings. The van der Waals surface area contributed by atoms with E-state index >= 15 is 0 Å². The fourth-order valence-corrected chi connectivity index (χ4v) is 1.70. The molecule has 0 aliphatic heterocycles. The Bertz CT molecular complexity index is 591. The maximum Gasteiger partial charge on any atom is 0.237 e. The van der Waals surface area contributed by atoms with E-state index in [1.165, 1.54) is 0 Å². The van der Waals surface area contributed by atoms with Gasteiger partial charge in [0.05, 0.1) is 17.7 Å². The lowest BCUT2D eigenvalue weighted by molar-refractivity contribution is -0.123. The van der Waals surface area contributed by atoms with Gasteiger partial charge in [-0.3, -0.25) is 9.78 Å². The summed E-state index contributed by atoms with van der Waals surface area (Å²) in [5.74, 6) is 0.196. The Labute approximate surface area is 111 Å². The molecule has 4 N–H and O–H groups in total. The lowest BCUT2D eigenvalue weighted by Gasteiger charge is -2.20. The van der Waals surface area contributed by atoms with E-state index in [1.54, 1.807) is 13.1 Å². The van der Waals surface area contributed by atoms with Crippen LogP contribution < -0.4 is 16.2 Å². The van der Waals surface area contributed by atoms with Crippen molar-refractivity contribution in [3.05, 3.63) is 36.5 Å². The molecule has 2 rings (SSSR count). The maximum atomic E-state index is 11.1. The number of benzene rings is 1. The molecular weight excluding hydrogens is 242 g/mol. The van der Waals surface area contributed by atoms with Crippen molar-refractivity contribution in [3.63, 3.8) is 0 Å². The molecule has 2 aromatic rings. The number of amides is 1. The number of fused-ring (bicyclic) bond motifs is 1. The van der Waals surface area contributed by atoms with Crippen molar-refractivity contribution < 1.29 is 9.53 Å². The second-order valence-corrected chi connectivity index (χ2v) is 4.71. The number of nitrogens with two attached hydrogens (primary N) is 2. The summed E-state index contributed by atoms with van der Waals surface area (Å²) in [6.07, 6.45) is 2.09. The van der Waals surface area contributed by atoms with Crippen molar-refractivity contribution in [2.45, 2.75) is 18.9 Å². The highest BCUT2D eigenvalue weighted by Gasteiger charge is 2.25. The van der Waals surface area contributed by atoms with Crippen molar-refractivity contribution >= 4 is 16.8 Å². The molecular formula is C14H17N3O2. The normalized spacial score (nSPS) is 14.0. The molecule has 1 heterocycles. The summed E-state index contributed by atoms with van der Waals surface area (Å²) in [6, 6.07) is 9.44. The number of ether oxygens (including phenoxy) is 1. The number of hydrogen-bond donors (Lipinski definition) is 2. The van der Waals surface area contributed by atoms with Gasteiger partial charge in [-0.15, -0.1) is 0 Å². The number of pyridine rings is 1. The van der Waals surface area contributed by atoms with E-state index in [0.717, 1.165) is 16.7 Å². The molecule has 0 saturated heterocycles. The second kappa shape index (κ2) is 5.24. The number of primary amides is 1. The Balaban J connectivity index is 2.09. The van der Waals surface area contributed by atoms with Crippen LogP contribution in [0.2, 0.25) is 0 Å². The standard InChI is InChI=1S/C14H17N3O2/c1-14(16,13(15)18)7-9-19-12-6-2-5-11-10(12)4-3-8-17-11/h2-6,8H,7,9,16H2,1H3,(H2,15,18). The highest BCUT2D eigenvalue weighted by molar-refractivity contribution is 5.85. The van der Waals surface area contributed by atoms with Gasteiger partial charge in [-0.05, 0) is 31.2 Å². The van der Waals surface area contributed by atoms with Crippen LogP contribution in [-0.4, -0.2) is 23.0 Å². The molecule has 0 spiro atoms. The molecule has 0 aliphatic carbocycles. The minimum absolute atomic E-state index is 0.323. The average Bonchev–Trinajstić information content (AvgIpc) is 2.38. The van der Waals surface area contributed by atoms with Crippen molar-refractivity contribution in [1.82, 2.24) is 4.98 Å². The van der Waals surface area contributed by atoms with Gasteiger partial charge in [-0.2, -0.15) is 0 Å². The Morgan fingerprint density at radius 2 is 2.16 bits per heavy atom. The number of carbonyl (C=O) groups excluding carboxylic acids is 1. The average molecular weight is 259 g/mol. The molecule has 0 radical (unpaired) electrons. The Kier molecular flexibility index (Phi) is 3.66. The summed E-state index contributed by atoms with van der Waals surface area (Å²) >= 11 is 0. The highest BCUT2D eigenvalue weighted by atomic mass is 16.5. The van der Waals surface area contributed by atoms with E-state index in [9.17, 15) is 4.79 Å². The summed E-state index contributed by atoms with van der Waals surface area (Å²) in [7, 11) is 0. The van der Waals surface area contributed by atoms with Crippen molar-refractivity contribution in [3.8, 4) is 5.75 Å². The van der Waals surface area contributed by atoms with Gasteiger partial charge in [0.2, 0.25) is 5.91 Å². The Morgan fingerprint density at radius 3 is 2.89 bits per heavy atom. The highest BCUT2D eigenvalue weighted by Crippen LogP contribution is 2.24. The quantitative estimate of drug-likeness (QED) is 0.844. The van der Waals surface area contributed by atoms with Crippen LogP contribution in [0.15, 0.2) is 36.5 Å². The largest absolute Gasteiger partial charge is 0.493 e. The topological polar surface area (TPSA) is 91.2 Å². The van der Waals surface area contributed by atoms with Gasteiger partial charge in [0.25, 0.3) is 0 Å². The fourth-order valence-electron chi connectivity index (χ4n) is 1.70. The zero-order chi connectivity index (χ0) is 13.9. The summed E-state index contributed by atoms with van der Waals surface area (Å²) in [5, 5.41) is 0.933. The van der Waals surface area contributed by atoms with Gasteiger partial charge in [0, 0.05) is 18.0 Å². The van der Waals surface area contributed by atoms with Gasteiger partial charge in [-0.25, -0.2) is 0 Å². The predicted octanol–water partition coefficient (Wildman–Crippen LogP) is 1.21. The molecule has 1 aromatic heterocycles. The third kappa shape index (κ3) is 3.00. The van der Waals surface area contributed by atoms with Gasteiger partial charge >= 0.3 is 0 Å². The van der Waals surface area contributed by atoms with Crippen LogP contribution in [0.5, 0.6) is 5.75 Å². The van der Waals surface area contributed by atoms with Gasteiger partial charge in [0.1, 0.15) is 5.75 Å². The van der Waals surface area contributed by atoms with E-state index in [4.69, 9.17) is 16.2 Å². The van der Waals surface area contributed by atoms with Gasteiger partial charge < -0.3 is 16.2 Å². The molecule has 19 heavy (non-hydrogen) atoms. The van der Waals surface area contributed by atoms with Crippen LogP contribution in [0.25, 0.3) is 10.9 Å². The molecule has 100 valence electrons. The first kappa shape index (κ1) is 13.3. The van der Waals surface area contributed by atoms with E-state index in [-0.39, 0.29) is 0 Å². The minimum atomic E-state index is -1.05. The molecule has 5 heteroatoms. The SMILES string of the molecule is CC(N)(CCOc1cccc2ncccc12)C(N)=O. The van der Waals surface area contributed by atoms with E-state index in [0.29, 0.717) is 13.0 Å². The van der Waals surface area contributed by atoms with Crippen molar-refractivity contribution in [2.24, 2.45) is 11.5 Å². The smallest absolute Gasteiger partial charge is 0.237 e. The van der Waals surface area contributed by atoms with Crippen LogP contribution in [0.4, 0.5) is 0 Å². The van der Waals surface area contributed by atoms with E-state index < -0.39 is 11.4 Å². The maximum absolute atomic E-state index is 11.1. The van der Waals surface area contributed by atoms with Crippen LogP contribution >= 0.6 is 0 Å². The van der Waals surface area contributed by atoms with Crippen LogP contribution in [0.1, 0.15) is 13.3 Å². The monoisotopic (exact) mass is 259 g/mol. The molecule has 1 aromatic carbocycles. The molecule has 0 bridgehead atoms. The van der Waals surface area contributed by atoms with Gasteiger partial charge in [-0.1, -0.05) is 6.07 Å². The molecule has 0 aliphatic rings. The third-order valence-corrected chi connectivity index (χ3v) is 3.05. The molecule has 1 atom stereocenters. The number of hydrogen-bond acceptors (Lipinski definition) is 4. The molecule has 1 unspecified atom stereocenters. The number of carbonyl (C=O) groups is 1. The predicted molar refractivity (Wildman–Crippen MR) is 73.6 cm³/mol. The summed E-state index contributed by atoms with van der Waals surface area (Å²) in [5.41, 5.74) is 10.8. The Morgan fingerprint density at radius 1 is 1.37 bits per heavy atom. The molecule has 1 amide bonds. The minimum Gasteiger partial charge on any atom is -0.493 e. The first-order valence-electron chi connectivity index (χ1n) is 6.06. The van der Waals surface area contributed by atoms with E-state index in [1.807, 2.05) is 30.3 Å². The Hall–Kier alpha value is -2.14. The first-order valence-corrected chi connectivity index (χ1v) is 6.06. The van der Waals surface area contributed by atoms with Crippen LogP contribution in [0.3, 0.4) is 0 Å². The number of nitrogens with zero attached hydrogens (tertiary/aromatic N) is 1. The van der Waals surface area contributed by atoms with Crippen LogP contribution in [0, 0.1) is 0 Å². The summed E-state index contributed by atoms with van der Waals surface area (Å²) in [6.45, 7) is 1.92. The zero-order valence-electron chi connectivity index (χ0n) is 10.8. The van der Waals surface area contributed by atoms with Crippen molar-refractivity contribution in [1.29, 1.82) is 0 Å². The third-order valence-electron chi connectivity index (χ3n) is 3.05. The first-order chi connectivity index (χ1) is 9.00. The molecule has 5 nitrogen and oxygen atoms in total. The number of aromatic nitrogens is 1. The lowest BCUT2D eigenvalue weighted by atomic mass is 9.99. The lowest BCUT2D eigenvalue weighted by Crippen LogP contribution is -2.50. The zero-order valence-corrected chi connectivity index (χ0v) is 10.8. The number of rotatable bonds is 5. The van der Waals surface area contributed by atoms with Crippen LogP contribution in [-0.2, 0) is 4.79 Å². The summed E-state index contributed by atoms with van der Waals surface area (Å²) in [4.78, 5) is 15.4. The second-order valence-electron chi connectivity index (χ2n) is 4.71. The van der Waals surface area contributed by atoms with E-state index in [2.05, 4.69) is 4.98 Å². The fraction of sp³-hybridized carbons (Fsp3) is 0.286. The molecule has 0 saturated carbocycles. The summed E-state index contributed by atoms with van der Waals surface area (Å²) < 4.78 is 5.68. The van der Waals surface area contributed by atoms with Crippen molar-refractivity contribution in [2.75, 3.05) is 6.61 Å². The van der Waals surface area contributed by atoms with Gasteiger partial charge in [0.15, 0.2) is 0 Å².